The van der Waals surface area contributed by atoms with E-state index in [1.165, 1.54) is 0 Å². The second-order valence-electron chi connectivity index (χ2n) is 4.46. The first kappa shape index (κ1) is 13.7. The van der Waals surface area contributed by atoms with Crippen LogP contribution < -0.4 is 4.74 Å². The van der Waals surface area contributed by atoms with E-state index >= 15 is 0 Å². The van der Waals surface area contributed by atoms with Crippen LogP contribution in [0, 0.1) is 12.8 Å². The van der Waals surface area contributed by atoms with Crippen molar-refractivity contribution in [2.24, 2.45) is 5.92 Å². The lowest BCUT2D eigenvalue weighted by molar-refractivity contribution is -0.135. The van der Waals surface area contributed by atoms with Crippen LogP contribution in [0.2, 0.25) is 0 Å². The maximum absolute atomic E-state index is 11.5. The minimum absolute atomic E-state index is 0.247. The van der Waals surface area contributed by atoms with E-state index in [0.29, 0.717) is 31.3 Å². The number of hydrogen-bond acceptors (Lipinski definition) is 3. The van der Waals surface area contributed by atoms with Crippen LogP contribution in [0.1, 0.15) is 25.8 Å². The van der Waals surface area contributed by atoms with Gasteiger partial charge in [-0.05, 0) is 24.5 Å². The molecule has 0 aliphatic heterocycles. The number of aryl methyl sites for hydroxylation is 1. The van der Waals surface area contributed by atoms with Crippen LogP contribution in [-0.4, -0.2) is 19.2 Å². The Morgan fingerprint density at radius 2 is 2.00 bits per heavy atom. The normalized spacial score (nSPS) is 10.6. The lowest BCUT2D eigenvalue weighted by Gasteiger charge is -2.08. The number of ether oxygens (including phenoxy) is 2. The molecule has 0 aromatic heterocycles. The highest BCUT2D eigenvalue weighted by Gasteiger charge is 2.06. The Labute approximate surface area is 103 Å². The van der Waals surface area contributed by atoms with E-state index in [2.05, 4.69) is 13.8 Å². The van der Waals surface area contributed by atoms with Gasteiger partial charge in [0.15, 0.2) is 0 Å². The summed E-state index contributed by atoms with van der Waals surface area (Å²) in [5.41, 5.74) is 0.962. The first-order valence-electron chi connectivity index (χ1n) is 5.93. The van der Waals surface area contributed by atoms with Crippen LogP contribution in [0.5, 0.6) is 5.75 Å². The van der Waals surface area contributed by atoms with Gasteiger partial charge in [0.2, 0.25) is 0 Å². The number of carbonyl (C=O) groups excluding carboxylic acids is 1. The number of benzene rings is 1. The zero-order chi connectivity index (χ0) is 12.7. The molecule has 0 aliphatic rings. The van der Waals surface area contributed by atoms with Gasteiger partial charge in [-0.15, -0.1) is 0 Å². The molecule has 3 heteroatoms. The second kappa shape index (κ2) is 7.07. The van der Waals surface area contributed by atoms with Crippen molar-refractivity contribution in [1.82, 2.24) is 0 Å². The summed E-state index contributed by atoms with van der Waals surface area (Å²) < 4.78 is 10.6. The molecule has 94 valence electrons. The summed E-state index contributed by atoms with van der Waals surface area (Å²) in [5.74, 6) is 0.867. The summed E-state index contributed by atoms with van der Waals surface area (Å²) in [6.07, 6.45) is 0.293. The number of hydrogen-bond donors (Lipinski definition) is 0. The maximum Gasteiger partial charge on any atom is 0.313 e. The van der Waals surface area contributed by atoms with Gasteiger partial charge in [0.05, 0.1) is 13.0 Å². The highest BCUT2D eigenvalue weighted by molar-refractivity contribution is 5.72. The third kappa shape index (κ3) is 5.50. The Balaban J connectivity index is 2.28. The molecule has 17 heavy (non-hydrogen) atoms. The smallest absolute Gasteiger partial charge is 0.313 e. The van der Waals surface area contributed by atoms with Gasteiger partial charge in [0, 0.05) is 6.61 Å². The third-order valence-electron chi connectivity index (χ3n) is 2.22. The molecule has 0 unspecified atom stereocenters. The fourth-order valence-electron chi connectivity index (χ4n) is 1.32. The molecule has 0 fully saturated rings. The van der Waals surface area contributed by atoms with Gasteiger partial charge in [-0.3, -0.25) is 4.79 Å². The molecule has 0 amide bonds. The van der Waals surface area contributed by atoms with Crippen LogP contribution in [-0.2, 0) is 9.53 Å². The minimum atomic E-state index is -0.247. The van der Waals surface area contributed by atoms with Crippen LogP contribution in [0.3, 0.4) is 0 Å². The molecule has 0 saturated carbocycles. The lowest BCUT2D eigenvalue weighted by Crippen LogP contribution is -2.13. The molecule has 0 atom stereocenters. The first-order chi connectivity index (χ1) is 8.09. The average molecular weight is 236 g/mol. The summed E-state index contributed by atoms with van der Waals surface area (Å²) in [6.45, 7) is 7.16. The molecular weight excluding hydrogens is 216 g/mol. The quantitative estimate of drug-likeness (QED) is 0.433. The molecule has 3 nitrogen and oxygen atoms in total. The Bertz CT molecular complexity index is 358. The van der Waals surface area contributed by atoms with Crippen molar-refractivity contribution in [2.75, 3.05) is 13.2 Å². The number of carbonyl (C=O) groups is 1. The van der Waals surface area contributed by atoms with Crippen molar-refractivity contribution >= 4 is 5.97 Å². The van der Waals surface area contributed by atoms with Crippen molar-refractivity contribution in [3.05, 3.63) is 29.8 Å². The molecular formula is C14H20O3. The zero-order valence-corrected chi connectivity index (χ0v) is 10.7. The summed E-state index contributed by atoms with van der Waals surface area (Å²) in [7, 11) is 0. The molecule has 0 heterocycles. The average Bonchev–Trinajstić information content (AvgIpc) is 2.27. The summed E-state index contributed by atoms with van der Waals surface area (Å²) in [4.78, 5) is 11.5. The Hall–Kier alpha value is -1.35. The molecule has 0 spiro atoms. The van der Waals surface area contributed by atoms with E-state index in [1.807, 2.05) is 25.1 Å². The Kier molecular flexibility index (Phi) is 5.70. The summed E-state index contributed by atoms with van der Waals surface area (Å²) in [6, 6.07) is 7.48. The van der Waals surface area contributed by atoms with E-state index in [-0.39, 0.29) is 5.97 Å². The third-order valence-corrected chi connectivity index (χ3v) is 2.22. The van der Waals surface area contributed by atoms with E-state index in [0.717, 1.165) is 5.56 Å². The van der Waals surface area contributed by atoms with Gasteiger partial charge in [-0.2, -0.15) is 0 Å². The van der Waals surface area contributed by atoms with E-state index < -0.39 is 0 Å². The highest BCUT2D eigenvalue weighted by Crippen LogP contribution is 2.16. The first-order valence-corrected chi connectivity index (χ1v) is 5.93. The molecule has 1 aromatic carbocycles. The van der Waals surface area contributed by atoms with Crippen molar-refractivity contribution < 1.29 is 14.3 Å². The fraction of sp³-hybridized carbons (Fsp3) is 0.500. The zero-order valence-electron chi connectivity index (χ0n) is 10.7. The fourth-order valence-corrected chi connectivity index (χ4v) is 1.32. The molecule has 0 N–H and O–H groups in total. The molecule has 0 bridgehead atoms. The standard InChI is InChI=1S/C14H20O3/c1-11(2)10-16-9-8-14(15)17-13-7-5-4-6-12(13)3/h4-7,11H,8-10H2,1-3H3. The largest absolute Gasteiger partial charge is 0.426 e. The summed E-state index contributed by atoms with van der Waals surface area (Å²) >= 11 is 0. The van der Waals surface area contributed by atoms with Gasteiger partial charge < -0.3 is 9.47 Å². The molecule has 0 radical (unpaired) electrons. The van der Waals surface area contributed by atoms with Crippen molar-refractivity contribution in [3.8, 4) is 5.75 Å². The van der Waals surface area contributed by atoms with Crippen LogP contribution in [0.15, 0.2) is 24.3 Å². The minimum Gasteiger partial charge on any atom is -0.426 e. The second-order valence-corrected chi connectivity index (χ2v) is 4.46. The number of rotatable bonds is 6. The van der Waals surface area contributed by atoms with Crippen LogP contribution in [0.4, 0.5) is 0 Å². The van der Waals surface area contributed by atoms with Crippen LogP contribution in [0.25, 0.3) is 0 Å². The van der Waals surface area contributed by atoms with E-state index in [1.54, 1.807) is 6.07 Å². The Morgan fingerprint density at radius 1 is 1.29 bits per heavy atom. The van der Waals surface area contributed by atoms with Gasteiger partial charge in [-0.1, -0.05) is 32.0 Å². The number of esters is 1. The van der Waals surface area contributed by atoms with Crippen molar-refractivity contribution in [3.63, 3.8) is 0 Å². The van der Waals surface area contributed by atoms with Gasteiger partial charge >= 0.3 is 5.97 Å². The highest BCUT2D eigenvalue weighted by atomic mass is 16.5. The predicted octanol–water partition coefficient (Wildman–Crippen LogP) is 2.96. The predicted molar refractivity (Wildman–Crippen MR) is 67.1 cm³/mol. The van der Waals surface area contributed by atoms with Crippen LogP contribution >= 0.6 is 0 Å². The van der Waals surface area contributed by atoms with E-state index in [4.69, 9.17) is 9.47 Å². The van der Waals surface area contributed by atoms with Gasteiger partial charge in [0.25, 0.3) is 0 Å². The van der Waals surface area contributed by atoms with Gasteiger partial charge in [0.1, 0.15) is 5.75 Å². The van der Waals surface area contributed by atoms with Crippen molar-refractivity contribution in [1.29, 1.82) is 0 Å². The summed E-state index contributed by atoms with van der Waals surface area (Å²) in [5, 5.41) is 0. The SMILES string of the molecule is Cc1ccccc1OC(=O)CCOCC(C)C. The maximum atomic E-state index is 11.5. The van der Waals surface area contributed by atoms with E-state index in [9.17, 15) is 4.79 Å². The topological polar surface area (TPSA) is 35.5 Å². The number of para-hydroxylation sites is 1. The molecule has 1 aromatic rings. The van der Waals surface area contributed by atoms with Gasteiger partial charge in [-0.25, -0.2) is 0 Å². The monoisotopic (exact) mass is 236 g/mol. The Morgan fingerprint density at radius 3 is 2.65 bits per heavy atom. The lowest BCUT2D eigenvalue weighted by atomic mass is 10.2. The molecule has 1 rings (SSSR count). The molecule has 0 aliphatic carbocycles. The van der Waals surface area contributed by atoms with Crippen molar-refractivity contribution in [2.45, 2.75) is 27.2 Å². The molecule has 0 saturated heterocycles.